The van der Waals surface area contributed by atoms with Crippen LogP contribution in [0.15, 0.2) is 6.07 Å². The normalized spacial score (nSPS) is 10.5. The lowest BCUT2D eigenvalue weighted by atomic mass is 10.1. The van der Waals surface area contributed by atoms with E-state index in [1.165, 1.54) is 0 Å². The number of carbonyl (C=O) groups is 1. The van der Waals surface area contributed by atoms with Crippen LogP contribution >= 0.6 is 22.6 Å². The molecule has 0 unspecified atom stereocenters. The maximum atomic E-state index is 12.8. The number of methoxy groups -OCH3 is 1. The molecular formula is C9H7F2IN2O4. The smallest absolute Gasteiger partial charge is 0.364 e. The largest absolute Gasteiger partial charge is 0.469 e. The van der Waals surface area contributed by atoms with Crippen molar-refractivity contribution in [1.82, 2.24) is 4.98 Å². The summed E-state index contributed by atoms with van der Waals surface area (Å²) in [5, 5.41) is 10.5. The van der Waals surface area contributed by atoms with Crippen molar-refractivity contribution in [3.05, 3.63) is 31.0 Å². The molecule has 0 N–H and O–H groups in total. The van der Waals surface area contributed by atoms with E-state index >= 15 is 0 Å². The Labute approximate surface area is 114 Å². The van der Waals surface area contributed by atoms with Crippen LogP contribution in [0.2, 0.25) is 0 Å². The van der Waals surface area contributed by atoms with Gasteiger partial charge in [-0.05, 0) is 32.5 Å². The number of pyridine rings is 1. The van der Waals surface area contributed by atoms with Crippen molar-refractivity contribution in [2.24, 2.45) is 0 Å². The predicted molar refractivity (Wildman–Crippen MR) is 64.3 cm³/mol. The molecule has 0 saturated carbocycles. The Morgan fingerprint density at radius 1 is 1.67 bits per heavy atom. The van der Waals surface area contributed by atoms with E-state index in [4.69, 9.17) is 0 Å². The summed E-state index contributed by atoms with van der Waals surface area (Å²) in [5.74, 6) is -1.39. The molecule has 1 aromatic rings. The van der Waals surface area contributed by atoms with Gasteiger partial charge in [-0.25, -0.2) is 8.78 Å². The zero-order valence-corrected chi connectivity index (χ0v) is 11.2. The lowest BCUT2D eigenvalue weighted by Crippen LogP contribution is -2.11. The Bertz CT molecular complexity index is 496. The van der Waals surface area contributed by atoms with E-state index in [0.717, 1.165) is 13.2 Å². The maximum Gasteiger partial charge on any atom is 0.364 e. The van der Waals surface area contributed by atoms with Crippen LogP contribution < -0.4 is 0 Å². The van der Waals surface area contributed by atoms with Crippen LogP contribution in [0.1, 0.15) is 17.7 Å². The second-order valence-corrected chi connectivity index (χ2v) is 4.30. The summed E-state index contributed by atoms with van der Waals surface area (Å²) in [6, 6.07) is 1.03. The minimum atomic E-state index is -3.00. The minimum Gasteiger partial charge on any atom is -0.469 e. The fourth-order valence-corrected chi connectivity index (χ4v) is 1.96. The number of halogens is 3. The van der Waals surface area contributed by atoms with E-state index < -0.39 is 35.3 Å². The molecule has 0 spiro atoms. The molecular weight excluding hydrogens is 365 g/mol. The highest BCUT2D eigenvalue weighted by Gasteiger charge is 2.27. The molecule has 0 saturated heterocycles. The van der Waals surface area contributed by atoms with Gasteiger partial charge in [0.2, 0.25) is 5.69 Å². The zero-order valence-electron chi connectivity index (χ0n) is 9.02. The van der Waals surface area contributed by atoms with E-state index in [1.54, 1.807) is 22.6 Å². The molecule has 9 heteroatoms. The van der Waals surface area contributed by atoms with Crippen LogP contribution in [0.25, 0.3) is 0 Å². The molecule has 1 rings (SSSR count). The highest BCUT2D eigenvalue weighted by Crippen LogP contribution is 2.28. The van der Waals surface area contributed by atoms with Gasteiger partial charge in [-0.2, -0.15) is 0 Å². The average Bonchev–Trinajstić information content (AvgIpc) is 2.30. The lowest BCUT2D eigenvalue weighted by Gasteiger charge is -2.06. The Morgan fingerprint density at radius 3 is 2.72 bits per heavy atom. The maximum absolute atomic E-state index is 12.8. The first kappa shape index (κ1) is 14.7. The molecule has 18 heavy (non-hydrogen) atoms. The van der Waals surface area contributed by atoms with Gasteiger partial charge in [0.15, 0.2) is 0 Å². The summed E-state index contributed by atoms with van der Waals surface area (Å²) < 4.78 is 30.1. The first-order valence-corrected chi connectivity index (χ1v) is 5.63. The van der Waals surface area contributed by atoms with Crippen LogP contribution in [0.3, 0.4) is 0 Å². The van der Waals surface area contributed by atoms with Crippen LogP contribution in [0.4, 0.5) is 14.6 Å². The van der Waals surface area contributed by atoms with Crippen molar-refractivity contribution in [2.75, 3.05) is 7.11 Å². The molecule has 0 radical (unpaired) electrons. The molecule has 1 aromatic heterocycles. The monoisotopic (exact) mass is 372 g/mol. The van der Waals surface area contributed by atoms with E-state index in [0.29, 0.717) is 0 Å². The number of hydrogen-bond donors (Lipinski definition) is 0. The number of nitro groups is 1. The van der Waals surface area contributed by atoms with Crippen LogP contribution in [-0.4, -0.2) is 23.0 Å². The highest BCUT2D eigenvalue weighted by atomic mass is 127. The van der Waals surface area contributed by atoms with Crippen molar-refractivity contribution in [3.63, 3.8) is 0 Å². The van der Waals surface area contributed by atoms with Crippen molar-refractivity contribution in [2.45, 2.75) is 12.8 Å². The van der Waals surface area contributed by atoms with Crippen molar-refractivity contribution in [1.29, 1.82) is 0 Å². The fourth-order valence-electron chi connectivity index (χ4n) is 1.21. The Morgan fingerprint density at radius 2 is 2.28 bits per heavy atom. The van der Waals surface area contributed by atoms with E-state index in [9.17, 15) is 23.7 Å². The van der Waals surface area contributed by atoms with Gasteiger partial charge in [-0.15, -0.1) is 0 Å². The Kier molecular flexibility index (Phi) is 4.87. The molecule has 0 aromatic carbocycles. The molecule has 0 fully saturated rings. The number of carbonyl (C=O) groups excluding carboxylic acids is 1. The standard InChI is InChI=1S/C9H7F2IN2O4/c1-18-7(15)2-4-5(12)3-6(14(16)17)13-8(4)9(10)11/h3,9H,2H2,1H3. The molecule has 0 aliphatic carbocycles. The number of nitrogens with zero attached hydrogens (tertiary/aromatic N) is 2. The molecule has 0 atom stereocenters. The third-order valence-corrected chi connectivity index (χ3v) is 2.99. The van der Waals surface area contributed by atoms with Crippen molar-refractivity contribution < 1.29 is 23.2 Å². The minimum absolute atomic E-state index is 0.0527. The van der Waals surface area contributed by atoms with Gasteiger partial charge in [0.1, 0.15) is 0 Å². The third kappa shape index (κ3) is 3.31. The number of aromatic nitrogens is 1. The van der Waals surface area contributed by atoms with Gasteiger partial charge in [-0.3, -0.25) is 4.79 Å². The molecule has 1 heterocycles. The van der Waals surface area contributed by atoms with Crippen molar-refractivity contribution >= 4 is 34.4 Å². The fraction of sp³-hybridized carbons (Fsp3) is 0.333. The van der Waals surface area contributed by atoms with E-state index in [2.05, 4.69) is 9.72 Å². The van der Waals surface area contributed by atoms with Gasteiger partial charge in [-0.1, -0.05) is 0 Å². The van der Waals surface area contributed by atoms with Gasteiger partial charge in [0, 0.05) is 15.2 Å². The SMILES string of the molecule is COC(=O)Cc1c(I)cc([N+](=O)[O-])nc1C(F)F. The molecule has 0 amide bonds. The molecule has 0 aliphatic rings. The number of alkyl halides is 2. The molecule has 0 bridgehead atoms. The van der Waals surface area contributed by atoms with E-state index in [1.807, 2.05) is 0 Å². The second kappa shape index (κ2) is 5.98. The topological polar surface area (TPSA) is 82.3 Å². The number of rotatable bonds is 4. The first-order valence-electron chi connectivity index (χ1n) is 4.55. The summed E-state index contributed by atoms with van der Waals surface area (Å²) in [5.41, 5.74) is -0.818. The summed E-state index contributed by atoms with van der Waals surface area (Å²) in [6.45, 7) is 0. The summed E-state index contributed by atoms with van der Waals surface area (Å²) in [4.78, 5) is 24.0. The zero-order chi connectivity index (χ0) is 13.9. The Balaban J connectivity index is 3.31. The number of esters is 1. The van der Waals surface area contributed by atoms with Crippen LogP contribution in [0, 0.1) is 13.7 Å². The van der Waals surface area contributed by atoms with Gasteiger partial charge in [0.05, 0.1) is 13.5 Å². The van der Waals surface area contributed by atoms with Crippen LogP contribution in [0.5, 0.6) is 0 Å². The van der Waals surface area contributed by atoms with Crippen molar-refractivity contribution in [3.8, 4) is 0 Å². The Hall–Kier alpha value is -1.39. The molecule has 6 nitrogen and oxygen atoms in total. The summed E-state index contributed by atoms with van der Waals surface area (Å²) in [6.07, 6.45) is -3.41. The van der Waals surface area contributed by atoms with Gasteiger partial charge >= 0.3 is 18.2 Å². The first-order chi connectivity index (χ1) is 8.36. The molecule has 98 valence electrons. The average molecular weight is 372 g/mol. The second-order valence-electron chi connectivity index (χ2n) is 3.14. The van der Waals surface area contributed by atoms with E-state index in [-0.39, 0.29) is 9.13 Å². The molecule has 0 aliphatic heterocycles. The third-order valence-electron chi connectivity index (χ3n) is 2.03. The predicted octanol–water partition coefficient (Wildman–Crippen LogP) is 2.25. The summed E-state index contributed by atoms with van der Waals surface area (Å²) in [7, 11) is 1.12. The lowest BCUT2D eigenvalue weighted by molar-refractivity contribution is -0.389. The van der Waals surface area contributed by atoms with Crippen LogP contribution in [-0.2, 0) is 16.0 Å². The van der Waals surface area contributed by atoms with Gasteiger partial charge < -0.3 is 14.9 Å². The quantitative estimate of drug-likeness (QED) is 0.351. The highest BCUT2D eigenvalue weighted by molar-refractivity contribution is 14.1. The number of ether oxygens (including phenoxy) is 1. The van der Waals surface area contributed by atoms with Gasteiger partial charge in [0.25, 0.3) is 0 Å². The number of hydrogen-bond acceptors (Lipinski definition) is 5. The summed E-state index contributed by atoms with van der Waals surface area (Å²) >= 11 is 1.64.